The second-order valence-electron chi connectivity index (χ2n) is 7.22. The van der Waals surface area contributed by atoms with Crippen LogP contribution in [0.3, 0.4) is 0 Å². The van der Waals surface area contributed by atoms with Gasteiger partial charge in [0.05, 0.1) is 36.0 Å². The minimum Gasteiger partial charge on any atom is -0.464 e. The van der Waals surface area contributed by atoms with Crippen molar-refractivity contribution in [2.45, 2.75) is 0 Å². The summed E-state index contributed by atoms with van der Waals surface area (Å²) in [6.45, 7) is 0. The molecule has 0 aliphatic carbocycles. The fourth-order valence-corrected chi connectivity index (χ4v) is 3.51. The molecule has 0 saturated carbocycles. The van der Waals surface area contributed by atoms with Crippen molar-refractivity contribution in [1.82, 2.24) is 14.4 Å². The Balaban J connectivity index is 1.47. The fraction of sp³-hybridized carbons (Fsp3) is 0.0400. The molecule has 0 unspecified atom stereocenters. The summed E-state index contributed by atoms with van der Waals surface area (Å²) in [6.07, 6.45) is 6.69. The highest BCUT2D eigenvalue weighted by Gasteiger charge is 2.17. The molecule has 0 atom stereocenters. The van der Waals surface area contributed by atoms with Gasteiger partial charge in [0.15, 0.2) is 5.65 Å². The van der Waals surface area contributed by atoms with E-state index < -0.39 is 0 Å². The highest BCUT2D eigenvalue weighted by atomic mass is 16.3. The van der Waals surface area contributed by atoms with Gasteiger partial charge in [-0.3, -0.25) is 9.20 Å². The van der Waals surface area contributed by atoms with E-state index in [0.717, 1.165) is 22.6 Å². The van der Waals surface area contributed by atoms with Crippen LogP contribution in [0.2, 0.25) is 0 Å². The number of hydrogen-bond donors (Lipinski definition) is 0. The Morgan fingerprint density at radius 1 is 1.00 bits per heavy atom. The number of anilines is 1. The first-order chi connectivity index (χ1) is 15.6. The lowest BCUT2D eigenvalue weighted by Gasteiger charge is -2.17. The average Bonchev–Trinajstić information content (AvgIpc) is 3.53. The molecular weight excluding hydrogens is 402 g/mol. The van der Waals surface area contributed by atoms with Crippen LogP contribution in [-0.2, 0) is 0 Å². The molecular formula is C25H17N5O2. The maximum atomic E-state index is 13.0. The highest BCUT2D eigenvalue weighted by molar-refractivity contribution is 6.04. The second kappa shape index (κ2) is 7.85. The van der Waals surface area contributed by atoms with Gasteiger partial charge in [-0.25, -0.2) is 9.97 Å². The summed E-state index contributed by atoms with van der Waals surface area (Å²) in [6, 6.07) is 20.6. The molecule has 3 aromatic heterocycles. The third-order valence-corrected chi connectivity index (χ3v) is 5.29. The summed E-state index contributed by atoms with van der Waals surface area (Å²) in [5.74, 6) is 0.544. The van der Waals surface area contributed by atoms with E-state index in [4.69, 9.17) is 9.68 Å². The maximum Gasteiger partial charge on any atom is 0.278 e. The van der Waals surface area contributed by atoms with E-state index in [0.29, 0.717) is 16.9 Å². The quantitative estimate of drug-likeness (QED) is 0.417. The number of nitriles is 1. The largest absolute Gasteiger partial charge is 0.464 e. The average molecular weight is 419 g/mol. The first-order valence-corrected chi connectivity index (χ1v) is 9.90. The van der Waals surface area contributed by atoms with Crippen molar-refractivity contribution in [1.29, 1.82) is 5.26 Å². The van der Waals surface area contributed by atoms with Crippen LogP contribution in [0, 0.1) is 11.3 Å². The van der Waals surface area contributed by atoms with Crippen LogP contribution in [0.1, 0.15) is 16.1 Å². The van der Waals surface area contributed by atoms with Gasteiger partial charge in [0.25, 0.3) is 5.91 Å². The Morgan fingerprint density at radius 2 is 1.75 bits per heavy atom. The Labute approximate surface area is 183 Å². The van der Waals surface area contributed by atoms with E-state index in [-0.39, 0.29) is 11.6 Å². The van der Waals surface area contributed by atoms with E-state index >= 15 is 0 Å². The molecule has 0 radical (unpaired) electrons. The summed E-state index contributed by atoms with van der Waals surface area (Å²) < 4.78 is 7.31. The van der Waals surface area contributed by atoms with Crippen LogP contribution in [0.4, 0.5) is 5.69 Å². The molecule has 2 aromatic carbocycles. The number of aromatic nitrogens is 3. The summed E-state index contributed by atoms with van der Waals surface area (Å²) >= 11 is 0. The molecule has 0 aliphatic rings. The Morgan fingerprint density at radius 3 is 2.44 bits per heavy atom. The Kier molecular flexibility index (Phi) is 4.73. The SMILES string of the molecule is CN(C(=O)c1cn2c(-c3ccc(-c4ccco4)cc3)cnc2cn1)c1ccc(C#N)cc1. The predicted molar refractivity (Wildman–Crippen MR) is 120 cm³/mol. The number of nitrogens with zero attached hydrogens (tertiary/aromatic N) is 5. The van der Waals surface area contributed by atoms with Gasteiger partial charge in [-0.05, 0) is 36.4 Å². The number of benzene rings is 2. The molecule has 0 aliphatic heterocycles. The number of rotatable bonds is 4. The number of carbonyl (C=O) groups excluding carboxylic acids is 1. The molecule has 7 heteroatoms. The summed E-state index contributed by atoms with van der Waals surface area (Å²) in [7, 11) is 1.68. The molecule has 0 N–H and O–H groups in total. The molecule has 5 rings (SSSR count). The van der Waals surface area contributed by atoms with Gasteiger partial charge >= 0.3 is 0 Å². The van der Waals surface area contributed by atoms with E-state index in [2.05, 4.69) is 16.0 Å². The monoisotopic (exact) mass is 419 g/mol. The van der Waals surface area contributed by atoms with Crippen molar-refractivity contribution in [3.05, 3.63) is 96.8 Å². The van der Waals surface area contributed by atoms with E-state index in [1.165, 1.54) is 4.90 Å². The summed E-state index contributed by atoms with van der Waals surface area (Å²) in [5.41, 5.74) is 4.93. The van der Waals surface area contributed by atoms with Gasteiger partial charge in [-0.15, -0.1) is 0 Å². The predicted octanol–water partition coefficient (Wildman–Crippen LogP) is 4.80. The number of hydrogen-bond acceptors (Lipinski definition) is 5. The smallest absolute Gasteiger partial charge is 0.278 e. The fourth-order valence-electron chi connectivity index (χ4n) is 3.51. The Hall–Kier alpha value is -4.70. The van der Waals surface area contributed by atoms with Gasteiger partial charge in [0, 0.05) is 30.1 Å². The third-order valence-electron chi connectivity index (χ3n) is 5.29. The molecule has 0 saturated heterocycles. The third kappa shape index (κ3) is 3.40. The number of imidazole rings is 1. The van der Waals surface area contributed by atoms with Crippen molar-refractivity contribution in [2.75, 3.05) is 11.9 Å². The standard InChI is InChI=1S/C25H17N5O2/c1-29(20-10-4-17(13-26)5-11-20)25(31)21-16-30-22(14-28-24(30)15-27-21)18-6-8-19(9-7-18)23-3-2-12-32-23/h2-12,14-16H,1H3. The molecule has 32 heavy (non-hydrogen) atoms. The van der Waals surface area contributed by atoms with Crippen molar-refractivity contribution < 1.29 is 9.21 Å². The van der Waals surface area contributed by atoms with Gasteiger partial charge in [-0.1, -0.05) is 24.3 Å². The molecule has 0 spiro atoms. The second-order valence-corrected chi connectivity index (χ2v) is 7.22. The minimum absolute atomic E-state index is 0.260. The van der Waals surface area contributed by atoms with Crippen molar-refractivity contribution in [3.63, 3.8) is 0 Å². The molecule has 1 amide bonds. The minimum atomic E-state index is -0.260. The summed E-state index contributed by atoms with van der Waals surface area (Å²) in [4.78, 5) is 23.3. The molecule has 154 valence electrons. The van der Waals surface area contributed by atoms with Crippen LogP contribution >= 0.6 is 0 Å². The highest BCUT2D eigenvalue weighted by Crippen LogP contribution is 2.26. The molecule has 5 aromatic rings. The zero-order valence-corrected chi connectivity index (χ0v) is 17.1. The van der Waals surface area contributed by atoms with Crippen molar-refractivity contribution >= 4 is 17.2 Å². The maximum absolute atomic E-state index is 13.0. The van der Waals surface area contributed by atoms with Crippen LogP contribution in [0.25, 0.3) is 28.2 Å². The molecule has 0 bridgehead atoms. The summed E-state index contributed by atoms with van der Waals surface area (Å²) in [5, 5.41) is 8.96. The van der Waals surface area contributed by atoms with Gasteiger partial charge < -0.3 is 9.32 Å². The van der Waals surface area contributed by atoms with E-state index in [1.54, 1.807) is 56.2 Å². The van der Waals surface area contributed by atoms with Gasteiger partial charge in [0.2, 0.25) is 0 Å². The first-order valence-electron chi connectivity index (χ1n) is 9.90. The van der Waals surface area contributed by atoms with Crippen LogP contribution in [-0.4, -0.2) is 27.3 Å². The van der Waals surface area contributed by atoms with E-state index in [9.17, 15) is 4.79 Å². The van der Waals surface area contributed by atoms with Crippen LogP contribution < -0.4 is 4.90 Å². The van der Waals surface area contributed by atoms with Crippen molar-refractivity contribution in [2.24, 2.45) is 0 Å². The normalized spacial score (nSPS) is 10.8. The molecule has 3 heterocycles. The topological polar surface area (TPSA) is 87.4 Å². The van der Waals surface area contributed by atoms with Crippen LogP contribution in [0.15, 0.2) is 89.9 Å². The molecule has 0 fully saturated rings. The Bertz CT molecular complexity index is 1440. The van der Waals surface area contributed by atoms with Gasteiger partial charge in [0.1, 0.15) is 11.5 Å². The first kappa shape index (κ1) is 19.3. The lowest BCUT2D eigenvalue weighted by Crippen LogP contribution is -2.27. The molecule has 7 nitrogen and oxygen atoms in total. The van der Waals surface area contributed by atoms with Crippen molar-refractivity contribution in [3.8, 4) is 28.7 Å². The van der Waals surface area contributed by atoms with Crippen LogP contribution in [0.5, 0.6) is 0 Å². The zero-order chi connectivity index (χ0) is 22.1. The van der Waals surface area contributed by atoms with E-state index in [1.807, 2.05) is 40.8 Å². The zero-order valence-electron chi connectivity index (χ0n) is 17.1. The number of furan rings is 1. The van der Waals surface area contributed by atoms with Gasteiger partial charge in [-0.2, -0.15) is 5.26 Å². The number of amides is 1. The lowest BCUT2D eigenvalue weighted by atomic mass is 10.1. The lowest BCUT2D eigenvalue weighted by molar-refractivity contribution is 0.0988. The number of fused-ring (bicyclic) bond motifs is 1. The number of carbonyl (C=O) groups is 1.